The molecule has 1 aromatic carbocycles. The summed E-state index contributed by atoms with van der Waals surface area (Å²) in [4.78, 5) is 3.73. The summed E-state index contributed by atoms with van der Waals surface area (Å²) in [6.07, 6.45) is 0.878. The van der Waals surface area contributed by atoms with E-state index in [1.807, 2.05) is 11.8 Å². The number of aliphatic hydroxyl groups is 1. The van der Waals surface area contributed by atoms with Crippen molar-refractivity contribution in [1.29, 1.82) is 0 Å². The highest BCUT2D eigenvalue weighted by atomic mass is 32.2. The molecule has 0 spiro atoms. The van der Waals surface area contributed by atoms with Gasteiger partial charge in [-0.05, 0) is 32.0 Å². The topological polar surface area (TPSA) is 23.5 Å². The van der Waals surface area contributed by atoms with Gasteiger partial charge in [0.25, 0.3) is 0 Å². The summed E-state index contributed by atoms with van der Waals surface area (Å²) in [6, 6.07) is 8.69. The fourth-order valence-electron chi connectivity index (χ4n) is 1.65. The SMILES string of the molecule is CCN(CCCO)CCSc1ccc(C)cc1. The Hall–Kier alpha value is -0.510. The summed E-state index contributed by atoms with van der Waals surface area (Å²) in [5.41, 5.74) is 1.31. The molecule has 0 atom stereocenters. The van der Waals surface area contributed by atoms with E-state index in [4.69, 9.17) is 5.11 Å². The molecular weight excluding hydrogens is 230 g/mol. The average molecular weight is 253 g/mol. The Morgan fingerprint density at radius 2 is 1.88 bits per heavy atom. The minimum absolute atomic E-state index is 0.293. The van der Waals surface area contributed by atoms with Gasteiger partial charge in [0.1, 0.15) is 0 Å². The van der Waals surface area contributed by atoms with Crippen molar-refractivity contribution in [2.45, 2.75) is 25.2 Å². The summed E-state index contributed by atoms with van der Waals surface area (Å²) < 4.78 is 0. The van der Waals surface area contributed by atoms with Crippen LogP contribution in [0.2, 0.25) is 0 Å². The molecule has 0 unspecified atom stereocenters. The van der Waals surface area contributed by atoms with Gasteiger partial charge in [-0.25, -0.2) is 0 Å². The van der Waals surface area contributed by atoms with Crippen LogP contribution in [0.1, 0.15) is 18.9 Å². The molecular formula is C14H23NOS. The molecule has 2 nitrogen and oxygen atoms in total. The van der Waals surface area contributed by atoms with E-state index in [1.54, 1.807) is 0 Å². The Kier molecular flexibility index (Phi) is 7.33. The zero-order valence-corrected chi connectivity index (χ0v) is 11.7. The third-order valence-electron chi connectivity index (χ3n) is 2.78. The second-order valence-corrected chi connectivity index (χ2v) is 5.34. The Balaban J connectivity index is 2.23. The minimum atomic E-state index is 0.293. The Bertz CT molecular complexity index is 300. The van der Waals surface area contributed by atoms with E-state index in [2.05, 4.69) is 43.0 Å². The van der Waals surface area contributed by atoms with E-state index in [0.717, 1.165) is 31.8 Å². The van der Waals surface area contributed by atoms with Gasteiger partial charge in [0.2, 0.25) is 0 Å². The first-order valence-electron chi connectivity index (χ1n) is 6.29. The number of rotatable bonds is 8. The standard InChI is InChI=1S/C14H23NOS/c1-3-15(9-4-11-16)10-12-17-14-7-5-13(2)6-8-14/h5-8,16H,3-4,9-12H2,1-2H3. The average Bonchev–Trinajstić information content (AvgIpc) is 2.36. The molecule has 3 heteroatoms. The van der Waals surface area contributed by atoms with Crippen LogP contribution in [0.5, 0.6) is 0 Å². The van der Waals surface area contributed by atoms with Crippen LogP contribution in [0, 0.1) is 6.92 Å². The van der Waals surface area contributed by atoms with Gasteiger partial charge in [0.15, 0.2) is 0 Å². The molecule has 0 aliphatic heterocycles. The van der Waals surface area contributed by atoms with Crippen LogP contribution in [0.15, 0.2) is 29.2 Å². The van der Waals surface area contributed by atoms with Crippen molar-refractivity contribution >= 4 is 11.8 Å². The van der Waals surface area contributed by atoms with Crippen molar-refractivity contribution in [3.05, 3.63) is 29.8 Å². The molecule has 0 saturated heterocycles. The summed E-state index contributed by atoms with van der Waals surface area (Å²) in [5, 5.41) is 8.81. The van der Waals surface area contributed by atoms with Crippen LogP contribution in [0.25, 0.3) is 0 Å². The number of thioether (sulfide) groups is 1. The molecule has 0 saturated carbocycles. The van der Waals surface area contributed by atoms with Crippen molar-refractivity contribution in [3.8, 4) is 0 Å². The van der Waals surface area contributed by atoms with Crippen molar-refractivity contribution in [1.82, 2.24) is 4.90 Å². The zero-order chi connectivity index (χ0) is 12.5. The summed E-state index contributed by atoms with van der Waals surface area (Å²) in [5.74, 6) is 1.11. The van der Waals surface area contributed by atoms with Gasteiger partial charge >= 0.3 is 0 Å². The predicted octanol–water partition coefficient (Wildman–Crippen LogP) is 2.79. The van der Waals surface area contributed by atoms with Gasteiger partial charge in [-0.3, -0.25) is 0 Å². The molecule has 96 valence electrons. The molecule has 0 radical (unpaired) electrons. The molecule has 0 heterocycles. The number of benzene rings is 1. The molecule has 0 aliphatic carbocycles. The molecule has 1 aromatic rings. The lowest BCUT2D eigenvalue weighted by molar-refractivity contribution is 0.237. The fourth-order valence-corrected chi connectivity index (χ4v) is 2.56. The maximum atomic E-state index is 8.81. The van der Waals surface area contributed by atoms with Gasteiger partial charge in [0, 0.05) is 30.3 Å². The molecule has 0 aliphatic rings. The second-order valence-electron chi connectivity index (χ2n) is 4.17. The quantitative estimate of drug-likeness (QED) is 0.721. The molecule has 0 aromatic heterocycles. The van der Waals surface area contributed by atoms with E-state index >= 15 is 0 Å². The van der Waals surface area contributed by atoms with E-state index in [9.17, 15) is 0 Å². The molecule has 0 bridgehead atoms. The fraction of sp³-hybridized carbons (Fsp3) is 0.571. The number of hydrogen-bond donors (Lipinski definition) is 1. The largest absolute Gasteiger partial charge is 0.396 e. The van der Waals surface area contributed by atoms with E-state index in [-0.39, 0.29) is 0 Å². The van der Waals surface area contributed by atoms with Gasteiger partial charge < -0.3 is 10.0 Å². The minimum Gasteiger partial charge on any atom is -0.396 e. The number of aryl methyl sites for hydroxylation is 1. The second kappa shape index (κ2) is 8.56. The third kappa shape index (κ3) is 6.10. The van der Waals surface area contributed by atoms with E-state index in [1.165, 1.54) is 10.5 Å². The summed E-state index contributed by atoms with van der Waals surface area (Å²) in [6.45, 7) is 7.74. The van der Waals surface area contributed by atoms with Crippen LogP contribution in [-0.2, 0) is 0 Å². The number of nitrogens with zero attached hydrogens (tertiary/aromatic N) is 1. The maximum absolute atomic E-state index is 8.81. The third-order valence-corrected chi connectivity index (χ3v) is 3.77. The molecule has 1 rings (SSSR count). The van der Waals surface area contributed by atoms with Crippen LogP contribution in [0.4, 0.5) is 0 Å². The first-order valence-corrected chi connectivity index (χ1v) is 7.27. The van der Waals surface area contributed by atoms with Crippen molar-refractivity contribution < 1.29 is 5.11 Å². The van der Waals surface area contributed by atoms with Crippen molar-refractivity contribution in [3.63, 3.8) is 0 Å². The van der Waals surface area contributed by atoms with E-state index < -0.39 is 0 Å². The summed E-state index contributed by atoms with van der Waals surface area (Å²) in [7, 11) is 0. The normalized spacial score (nSPS) is 11.1. The highest BCUT2D eigenvalue weighted by molar-refractivity contribution is 7.99. The van der Waals surface area contributed by atoms with Crippen molar-refractivity contribution in [2.24, 2.45) is 0 Å². The Labute approximate surface area is 109 Å². The van der Waals surface area contributed by atoms with Gasteiger partial charge in [-0.15, -0.1) is 11.8 Å². The van der Waals surface area contributed by atoms with Crippen LogP contribution in [0.3, 0.4) is 0 Å². The van der Waals surface area contributed by atoms with Gasteiger partial charge in [-0.2, -0.15) is 0 Å². The van der Waals surface area contributed by atoms with E-state index in [0.29, 0.717) is 6.61 Å². The highest BCUT2D eigenvalue weighted by Gasteiger charge is 2.01. The number of hydrogen-bond acceptors (Lipinski definition) is 3. The maximum Gasteiger partial charge on any atom is 0.0443 e. The highest BCUT2D eigenvalue weighted by Crippen LogP contribution is 2.18. The monoisotopic (exact) mass is 253 g/mol. The van der Waals surface area contributed by atoms with Crippen LogP contribution in [-0.4, -0.2) is 42.0 Å². The van der Waals surface area contributed by atoms with Gasteiger partial charge in [0.05, 0.1) is 0 Å². The lowest BCUT2D eigenvalue weighted by atomic mass is 10.2. The Morgan fingerprint density at radius 1 is 1.18 bits per heavy atom. The molecule has 0 fully saturated rings. The molecule has 17 heavy (non-hydrogen) atoms. The van der Waals surface area contributed by atoms with Crippen LogP contribution < -0.4 is 0 Å². The first kappa shape index (κ1) is 14.6. The lowest BCUT2D eigenvalue weighted by Crippen LogP contribution is -2.27. The smallest absolute Gasteiger partial charge is 0.0443 e. The number of aliphatic hydroxyl groups excluding tert-OH is 1. The van der Waals surface area contributed by atoms with Gasteiger partial charge in [-0.1, -0.05) is 24.6 Å². The van der Waals surface area contributed by atoms with Crippen LogP contribution >= 0.6 is 11.8 Å². The summed E-state index contributed by atoms with van der Waals surface area (Å²) >= 11 is 1.90. The zero-order valence-electron chi connectivity index (χ0n) is 10.9. The van der Waals surface area contributed by atoms with Crippen molar-refractivity contribution in [2.75, 3.05) is 32.0 Å². The Morgan fingerprint density at radius 3 is 2.47 bits per heavy atom. The molecule has 1 N–H and O–H groups in total. The lowest BCUT2D eigenvalue weighted by Gasteiger charge is -2.19. The first-order chi connectivity index (χ1) is 8.26. The molecule has 0 amide bonds. The predicted molar refractivity (Wildman–Crippen MR) is 75.7 cm³/mol.